The molecular formula is C44H26O. The second-order valence-electron chi connectivity index (χ2n) is 12.0. The molecule has 0 radical (unpaired) electrons. The summed E-state index contributed by atoms with van der Waals surface area (Å²) in [7, 11) is 0. The average Bonchev–Trinajstić information content (AvgIpc) is 3.50. The number of fused-ring (bicyclic) bond motifs is 4. The fraction of sp³-hybridized carbons (Fsp3) is 0. The van der Waals surface area contributed by atoms with E-state index in [0.717, 1.165) is 11.2 Å². The molecule has 10 rings (SSSR count). The van der Waals surface area contributed by atoms with Crippen LogP contribution in [0, 0.1) is 0 Å². The van der Waals surface area contributed by atoms with Crippen LogP contribution >= 0.6 is 0 Å². The Morgan fingerprint density at radius 1 is 0.289 bits per heavy atom. The van der Waals surface area contributed by atoms with Gasteiger partial charge in [-0.3, -0.25) is 0 Å². The van der Waals surface area contributed by atoms with E-state index < -0.39 is 0 Å². The lowest BCUT2D eigenvalue weighted by molar-refractivity contribution is 0.669. The fourth-order valence-corrected chi connectivity index (χ4v) is 7.59. The van der Waals surface area contributed by atoms with Crippen molar-refractivity contribution in [3.05, 3.63) is 158 Å². The van der Waals surface area contributed by atoms with E-state index >= 15 is 0 Å². The lowest BCUT2D eigenvalue weighted by atomic mass is 9.86. The second-order valence-corrected chi connectivity index (χ2v) is 12.0. The van der Waals surface area contributed by atoms with E-state index in [9.17, 15) is 0 Å². The lowest BCUT2D eigenvalue weighted by Crippen LogP contribution is -1.90. The fourth-order valence-electron chi connectivity index (χ4n) is 7.59. The minimum atomic E-state index is 0.912. The minimum Gasteiger partial charge on any atom is -0.456 e. The molecule has 1 heterocycles. The monoisotopic (exact) mass is 570 g/mol. The molecule has 208 valence electrons. The van der Waals surface area contributed by atoms with Gasteiger partial charge in [0.1, 0.15) is 11.2 Å². The normalized spacial score (nSPS) is 12.0. The van der Waals surface area contributed by atoms with Gasteiger partial charge in [0.2, 0.25) is 0 Å². The van der Waals surface area contributed by atoms with E-state index in [1.807, 2.05) is 0 Å². The Morgan fingerprint density at radius 3 is 1.62 bits per heavy atom. The quantitative estimate of drug-likeness (QED) is 0.193. The highest BCUT2D eigenvalue weighted by molar-refractivity contribution is 6.29. The van der Waals surface area contributed by atoms with Crippen molar-refractivity contribution < 1.29 is 4.42 Å². The molecule has 1 nitrogen and oxygen atoms in total. The summed E-state index contributed by atoms with van der Waals surface area (Å²) in [5.41, 5.74) is 9.14. The van der Waals surface area contributed by atoms with Gasteiger partial charge in [0.15, 0.2) is 0 Å². The standard InChI is InChI=1S/C44H26O/c1-2-9-28(10-3-1)34-12-6-14-39-43(34)44-36(13-7-15-40(44)45-39)35-23-19-30-20-24-37-33(22-18-29-21-25-38(35)42(30)41(29)37)32-17-16-27-8-4-5-11-31(27)26-32/h1-26H. The summed E-state index contributed by atoms with van der Waals surface area (Å²) in [5, 5.41) is 12.6. The molecule has 0 saturated heterocycles. The second kappa shape index (κ2) is 9.29. The van der Waals surface area contributed by atoms with Gasteiger partial charge in [-0.2, -0.15) is 0 Å². The van der Waals surface area contributed by atoms with E-state index in [2.05, 4.69) is 158 Å². The van der Waals surface area contributed by atoms with Gasteiger partial charge in [-0.05, 0) is 94.7 Å². The van der Waals surface area contributed by atoms with Gasteiger partial charge in [0.25, 0.3) is 0 Å². The van der Waals surface area contributed by atoms with E-state index in [1.165, 1.54) is 87.2 Å². The topological polar surface area (TPSA) is 13.1 Å². The van der Waals surface area contributed by atoms with Gasteiger partial charge in [-0.1, -0.05) is 140 Å². The molecule has 9 aromatic carbocycles. The summed E-state index contributed by atoms with van der Waals surface area (Å²) < 4.78 is 6.50. The van der Waals surface area contributed by atoms with Crippen LogP contribution in [0.4, 0.5) is 0 Å². The van der Waals surface area contributed by atoms with E-state index in [-0.39, 0.29) is 0 Å². The molecule has 0 N–H and O–H groups in total. The van der Waals surface area contributed by atoms with Crippen molar-refractivity contribution in [1.29, 1.82) is 0 Å². The summed E-state index contributed by atoms with van der Waals surface area (Å²) in [6, 6.07) is 57.3. The molecule has 0 bridgehead atoms. The Labute approximate surface area is 259 Å². The molecule has 0 aliphatic rings. The molecule has 1 heteroatoms. The highest BCUT2D eigenvalue weighted by atomic mass is 16.3. The van der Waals surface area contributed by atoms with Crippen LogP contribution in [0.3, 0.4) is 0 Å². The van der Waals surface area contributed by atoms with E-state index in [0.29, 0.717) is 0 Å². The number of rotatable bonds is 3. The third-order valence-electron chi connectivity index (χ3n) is 9.62. The first-order valence-electron chi connectivity index (χ1n) is 15.5. The molecule has 0 atom stereocenters. The third-order valence-corrected chi connectivity index (χ3v) is 9.62. The summed E-state index contributed by atoms with van der Waals surface area (Å²) in [4.78, 5) is 0. The van der Waals surface area contributed by atoms with Gasteiger partial charge in [0.05, 0.1) is 0 Å². The molecule has 0 saturated carbocycles. The smallest absolute Gasteiger partial charge is 0.136 e. The van der Waals surface area contributed by atoms with Crippen LogP contribution in [0.5, 0.6) is 0 Å². The van der Waals surface area contributed by atoms with Gasteiger partial charge in [0, 0.05) is 10.8 Å². The zero-order valence-corrected chi connectivity index (χ0v) is 24.4. The Kier molecular flexibility index (Phi) is 5.06. The summed E-state index contributed by atoms with van der Waals surface area (Å²) >= 11 is 0. The molecule has 0 fully saturated rings. The van der Waals surface area contributed by atoms with Crippen LogP contribution in [0.15, 0.2) is 162 Å². The molecule has 0 amide bonds. The molecule has 45 heavy (non-hydrogen) atoms. The lowest BCUT2D eigenvalue weighted by Gasteiger charge is -2.17. The Bertz CT molecular complexity index is 2750. The molecule has 0 spiro atoms. The Hall–Kier alpha value is -5.92. The van der Waals surface area contributed by atoms with Crippen LogP contribution < -0.4 is 0 Å². The van der Waals surface area contributed by atoms with E-state index in [4.69, 9.17) is 4.42 Å². The van der Waals surface area contributed by atoms with Gasteiger partial charge in [-0.25, -0.2) is 0 Å². The molecule has 1 aromatic heterocycles. The van der Waals surface area contributed by atoms with Crippen molar-refractivity contribution >= 4 is 65.0 Å². The molecule has 0 aliphatic heterocycles. The third kappa shape index (κ3) is 3.56. The average molecular weight is 571 g/mol. The first-order chi connectivity index (χ1) is 22.3. The maximum absolute atomic E-state index is 6.50. The number of hydrogen-bond donors (Lipinski definition) is 0. The zero-order chi connectivity index (χ0) is 29.5. The number of benzene rings is 9. The van der Waals surface area contributed by atoms with Gasteiger partial charge < -0.3 is 4.42 Å². The van der Waals surface area contributed by atoms with Gasteiger partial charge >= 0.3 is 0 Å². The first kappa shape index (κ1) is 24.5. The molecule has 0 unspecified atom stereocenters. The largest absolute Gasteiger partial charge is 0.456 e. The predicted octanol–water partition coefficient (Wildman–Crippen LogP) is 12.6. The number of furan rings is 1. The van der Waals surface area contributed by atoms with Crippen molar-refractivity contribution in [1.82, 2.24) is 0 Å². The van der Waals surface area contributed by atoms with Crippen LogP contribution in [0.1, 0.15) is 0 Å². The van der Waals surface area contributed by atoms with Crippen molar-refractivity contribution in [2.24, 2.45) is 0 Å². The maximum atomic E-state index is 6.50. The number of hydrogen-bond acceptors (Lipinski definition) is 1. The summed E-state index contributed by atoms with van der Waals surface area (Å²) in [6.45, 7) is 0. The van der Waals surface area contributed by atoms with Crippen molar-refractivity contribution in [3.63, 3.8) is 0 Å². The molecule has 10 aromatic rings. The van der Waals surface area contributed by atoms with Crippen LogP contribution in [0.25, 0.3) is 98.4 Å². The Balaban J connectivity index is 1.27. The van der Waals surface area contributed by atoms with E-state index in [1.54, 1.807) is 0 Å². The van der Waals surface area contributed by atoms with Gasteiger partial charge in [-0.15, -0.1) is 0 Å². The summed E-state index contributed by atoms with van der Waals surface area (Å²) in [5.74, 6) is 0. The highest BCUT2D eigenvalue weighted by Gasteiger charge is 2.20. The van der Waals surface area contributed by atoms with Crippen LogP contribution in [-0.4, -0.2) is 0 Å². The van der Waals surface area contributed by atoms with Crippen molar-refractivity contribution in [2.45, 2.75) is 0 Å². The van der Waals surface area contributed by atoms with Crippen LogP contribution in [-0.2, 0) is 0 Å². The highest BCUT2D eigenvalue weighted by Crippen LogP contribution is 2.46. The molecule has 0 aliphatic carbocycles. The van der Waals surface area contributed by atoms with Crippen LogP contribution in [0.2, 0.25) is 0 Å². The predicted molar refractivity (Wildman–Crippen MR) is 191 cm³/mol. The minimum absolute atomic E-state index is 0.912. The summed E-state index contributed by atoms with van der Waals surface area (Å²) in [6.07, 6.45) is 0. The van der Waals surface area contributed by atoms with Crippen molar-refractivity contribution in [2.75, 3.05) is 0 Å². The first-order valence-corrected chi connectivity index (χ1v) is 15.5. The molecular weight excluding hydrogens is 544 g/mol. The maximum Gasteiger partial charge on any atom is 0.136 e. The Morgan fingerprint density at radius 2 is 0.867 bits per heavy atom. The zero-order valence-electron chi connectivity index (χ0n) is 24.4. The SMILES string of the molecule is c1ccc(-c2cccc3oc4cccc(-c5ccc6ccc7c(-c8ccc9ccccc9c8)ccc8ccc5c6c87)c4c23)cc1. The van der Waals surface area contributed by atoms with Crippen molar-refractivity contribution in [3.8, 4) is 33.4 Å².